The third-order valence-electron chi connectivity index (χ3n) is 4.60. The van der Waals surface area contributed by atoms with Crippen molar-refractivity contribution in [2.75, 3.05) is 12.0 Å². The van der Waals surface area contributed by atoms with Crippen LogP contribution in [-0.2, 0) is 6.54 Å². The van der Waals surface area contributed by atoms with E-state index in [0.717, 1.165) is 26.4 Å². The Morgan fingerprint density at radius 2 is 1.97 bits per heavy atom. The fourth-order valence-corrected chi connectivity index (χ4v) is 4.92. The summed E-state index contributed by atoms with van der Waals surface area (Å²) in [4.78, 5) is 25.3. The number of methoxy groups -OCH3 is 1. The van der Waals surface area contributed by atoms with Crippen molar-refractivity contribution < 1.29 is 9.53 Å². The molecule has 0 saturated carbocycles. The molecule has 0 bridgehead atoms. The van der Waals surface area contributed by atoms with Crippen LogP contribution < -0.4 is 9.64 Å². The van der Waals surface area contributed by atoms with E-state index in [4.69, 9.17) is 9.72 Å². The zero-order valence-electron chi connectivity index (χ0n) is 17.6. The minimum Gasteiger partial charge on any atom is -0.497 e. The molecule has 0 aliphatic carbocycles. The quantitative estimate of drug-likeness (QED) is 0.322. The summed E-state index contributed by atoms with van der Waals surface area (Å²) in [6, 6.07) is 17.4. The molecule has 0 radical (unpaired) electrons. The van der Waals surface area contributed by atoms with Crippen LogP contribution in [-0.4, -0.2) is 28.2 Å². The molecule has 2 aromatic carbocycles. The Bertz CT molecular complexity index is 1170. The van der Waals surface area contributed by atoms with Gasteiger partial charge < -0.3 is 4.74 Å². The van der Waals surface area contributed by atoms with Gasteiger partial charge in [0.05, 0.1) is 23.9 Å². The number of aromatic nitrogens is 2. The number of carbonyl (C=O) groups excluding carboxylic acids is 1. The molecule has 1 amide bonds. The topological polar surface area (TPSA) is 55.3 Å². The van der Waals surface area contributed by atoms with E-state index in [0.29, 0.717) is 22.5 Å². The zero-order chi connectivity index (χ0) is 21.8. The van der Waals surface area contributed by atoms with Gasteiger partial charge in [0, 0.05) is 34.2 Å². The molecule has 158 valence electrons. The highest BCUT2D eigenvalue weighted by molar-refractivity contribution is 7.99. The van der Waals surface area contributed by atoms with Gasteiger partial charge in [-0.1, -0.05) is 31.3 Å². The lowest BCUT2D eigenvalue weighted by Crippen LogP contribution is -2.30. The number of pyridine rings is 1. The van der Waals surface area contributed by atoms with E-state index >= 15 is 0 Å². The minimum atomic E-state index is -0.0871. The average Bonchev–Trinajstić information content (AvgIpc) is 3.20. The number of nitrogens with zero attached hydrogens (tertiary/aromatic N) is 3. The molecule has 4 rings (SSSR count). The first-order chi connectivity index (χ1) is 15.0. The Hall–Kier alpha value is -2.90. The van der Waals surface area contributed by atoms with Gasteiger partial charge in [-0.15, -0.1) is 11.8 Å². The number of benzene rings is 2. The summed E-state index contributed by atoms with van der Waals surface area (Å²) in [5, 5.41) is 1.14. The van der Waals surface area contributed by atoms with Crippen LogP contribution >= 0.6 is 23.1 Å². The number of carbonyl (C=O) groups is 1. The molecule has 0 unspecified atom stereocenters. The van der Waals surface area contributed by atoms with Crippen molar-refractivity contribution in [2.24, 2.45) is 0 Å². The Kier molecular flexibility index (Phi) is 6.53. The molecule has 7 heteroatoms. The van der Waals surface area contributed by atoms with Gasteiger partial charge in [0.2, 0.25) is 0 Å². The summed E-state index contributed by atoms with van der Waals surface area (Å²) < 4.78 is 6.32. The molecule has 0 spiro atoms. The first-order valence-electron chi connectivity index (χ1n) is 9.95. The summed E-state index contributed by atoms with van der Waals surface area (Å²) in [5.41, 5.74) is 2.39. The van der Waals surface area contributed by atoms with Crippen molar-refractivity contribution in [1.29, 1.82) is 0 Å². The summed E-state index contributed by atoms with van der Waals surface area (Å²) in [7, 11) is 1.63. The average molecular weight is 450 g/mol. The van der Waals surface area contributed by atoms with Gasteiger partial charge in [0.1, 0.15) is 5.75 Å². The predicted octanol–water partition coefficient (Wildman–Crippen LogP) is 6.05. The predicted molar refractivity (Wildman–Crippen MR) is 128 cm³/mol. The van der Waals surface area contributed by atoms with Crippen molar-refractivity contribution in [3.63, 3.8) is 0 Å². The third kappa shape index (κ3) is 5.06. The largest absolute Gasteiger partial charge is 0.497 e. The minimum absolute atomic E-state index is 0.0871. The maximum Gasteiger partial charge on any atom is 0.260 e. The Labute approximate surface area is 190 Å². The maximum absolute atomic E-state index is 13.5. The first-order valence-corrected chi connectivity index (χ1v) is 11.6. The monoisotopic (exact) mass is 449 g/mol. The van der Waals surface area contributed by atoms with Gasteiger partial charge >= 0.3 is 0 Å². The number of rotatable bonds is 7. The highest BCUT2D eigenvalue weighted by Gasteiger charge is 2.22. The van der Waals surface area contributed by atoms with Crippen molar-refractivity contribution in [1.82, 2.24) is 9.97 Å². The van der Waals surface area contributed by atoms with E-state index in [2.05, 4.69) is 18.8 Å². The van der Waals surface area contributed by atoms with Gasteiger partial charge in [-0.05, 0) is 48.0 Å². The molecule has 0 atom stereocenters. The Balaban J connectivity index is 1.69. The normalized spacial score (nSPS) is 11.1. The van der Waals surface area contributed by atoms with Crippen LogP contribution in [0, 0.1) is 0 Å². The van der Waals surface area contributed by atoms with Gasteiger partial charge in [-0.3, -0.25) is 14.7 Å². The number of hydrogen-bond donors (Lipinski definition) is 0. The number of fused-ring (bicyclic) bond motifs is 1. The third-order valence-corrected chi connectivity index (χ3v) is 6.67. The molecule has 0 aliphatic rings. The van der Waals surface area contributed by atoms with E-state index in [1.807, 2.05) is 54.6 Å². The Morgan fingerprint density at radius 1 is 1.16 bits per heavy atom. The fourth-order valence-electron chi connectivity index (χ4n) is 3.14. The van der Waals surface area contributed by atoms with Crippen molar-refractivity contribution in [3.8, 4) is 5.75 Å². The maximum atomic E-state index is 13.5. The summed E-state index contributed by atoms with van der Waals surface area (Å²) >= 11 is 3.27. The molecule has 4 aromatic rings. The van der Waals surface area contributed by atoms with Crippen molar-refractivity contribution in [2.45, 2.75) is 30.5 Å². The number of amides is 1. The van der Waals surface area contributed by atoms with Gasteiger partial charge in [-0.25, -0.2) is 4.98 Å². The van der Waals surface area contributed by atoms with Crippen LogP contribution in [0.4, 0.5) is 5.13 Å². The number of thiazole rings is 1. The first kappa shape index (κ1) is 21.3. The van der Waals surface area contributed by atoms with Crippen LogP contribution in [0.25, 0.3) is 10.2 Å². The van der Waals surface area contributed by atoms with Crippen molar-refractivity contribution >= 4 is 44.4 Å². The fraction of sp³-hybridized carbons (Fsp3) is 0.208. The number of anilines is 1. The number of ether oxygens (including phenoxy) is 1. The van der Waals surface area contributed by atoms with Crippen LogP contribution in [0.3, 0.4) is 0 Å². The van der Waals surface area contributed by atoms with Gasteiger partial charge in [0.25, 0.3) is 5.91 Å². The molecule has 2 heterocycles. The molecule has 2 aromatic heterocycles. The lowest BCUT2D eigenvalue weighted by Gasteiger charge is -2.20. The summed E-state index contributed by atoms with van der Waals surface area (Å²) in [6.07, 6.45) is 3.50. The highest BCUT2D eigenvalue weighted by atomic mass is 32.2. The van der Waals surface area contributed by atoms with E-state index in [1.54, 1.807) is 36.2 Å². The van der Waals surface area contributed by atoms with E-state index in [-0.39, 0.29) is 5.91 Å². The van der Waals surface area contributed by atoms with Crippen LogP contribution in [0.5, 0.6) is 5.75 Å². The standard InChI is InChI=1S/C24H23N3O2S2/c1-16(2)30-20-9-6-18(7-10-20)23(28)27(15-17-5-4-12-25-14-17)24-26-21-13-19(29-3)8-11-22(21)31-24/h4-14,16H,15H2,1-3H3. The second-order valence-corrected chi connectivity index (χ2v) is 9.93. The van der Waals surface area contributed by atoms with Crippen LogP contribution in [0.1, 0.15) is 29.8 Å². The van der Waals surface area contributed by atoms with Gasteiger partial charge in [0.15, 0.2) is 5.13 Å². The van der Waals surface area contributed by atoms with Crippen molar-refractivity contribution in [3.05, 3.63) is 78.1 Å². The van der Waals surface area contributed by atoms with E-state index < -0.39 is 0 Å². The Morgan fingerprint density at radius 3 is 2.65 bits per heavy atom. The van der Waals surface area contributed by atoms with Crippen LogP contribution in [0.15, 0.2) is 71.9 Å². The molecule has 0 saturated heterocycles. The molecule has 5 nitrogen and oxygen atoms in total. The number of hydrogen-bond acceptors (Lipinski definition) is 6. The summed E-state index contributed by atoms with van der Waals surface area (Å²) in [5.74, 6) is 0.656. The van der Waals surface area contributed by atoms with Crippen LogP contribution in [0.2, 0.25) is 0 Å². The molecular weight excluding hydrogens is 426 g/mol. The molecule has 31 heavy (non-hydrogen) atoms. The molecule has 0 N–H and O–H groups in total. The van der Waals surface area contributed by atoms with E-state index in [9.17, 15) is 4.79 Å². The number of thioether (sulfide) groups is 1. The second kappa shape index (κ2) is 9.49. The second-order valence-electron chi connectivity index (χ2n) is 7.27. The van der Waals surface area contributed by atoms with E-state index in [1.165, 1.54) is 11.3 Å². The smallest absolute Gasteiger partial charge is 0.260 e. The van der Waals surface area contributed by atoms with Gasteiger partial charge in [-0.2, -0.15) is 0 Å². The zero-order valence-corrected chi connectivity index (χ0v) is 19.2. The SMILES string of the molecule is COc1ccc2sc(N(Cc3cccnc3)C(=O)c3ccc(SC(C)C)cc3)nc2c1. The highest BCUT2D eigenvalue weighted by Crippen LogP contribution is 2.33. The molecular formula is C24H23N3O2S2. The molecule has 0 aliphatic heterocycles. The summed E-state index contributed by atoms with van der Waals surface area (Å²) in [6.45, 7) is 4.70. The molecule has 0 fully saturated rings. The lowest BCUT2D eigenvalue weighted by molar-refractivity contribution is 0.0985. The lowest BCUT2D eigenvalue weighted by atomic mass is 10.2.